The third-order valence-corrected chi connectivity index (χ3v) is 7.38. The molecule has 0 saturated heterocycles. The molecule has 8 heteroatoms. The van der Waals surface area contributed by atoms with Crippen LogP contribution in [0.1, 0.15) is 22.3 Å². The van der Waals surface area contributed by atoms with E-state index in [1.165, 1.54) is 27.9 Å². The minimum absolute atomic E-state index is 0.00457. The Morgan fingerprint density at radius 3 is 2.69 bits per heavy atom. The Morgan fingerprint density at radius 2 is 1.86 bits per heavy atom. The normalized spacial score (nSPS) is 16.5. The molecule has 36 heavy (non-hydrogen) atoms. The van der Waals surface area contributed by atoms with Gasteiger partial charge < -0.3 is 4.57 Å². The number of fused-ring (bicyclic) bond motifs is 2. The van der Waals surface area contributed by atoms with Crippen molar-refractivity contribution < 1.29 is 4.79 Å². The Kier molecular flexibility index (Phi) is 5.59. The topological polar surface area (TPSA) is 73.8 Å². The number of rotatable bonds is 4. The monoisotopic (exact) mass is 509 g/mol. The quantitative estimate of drug-likeness (QED) is 0.327. The molecule has 0 atom stereocenters. The Bertz CT molecular complexity index is 1670. The zero-order valence-electron chi connectivity index (χ0n) is 19.3. The SMILES string of the molecule is Cc1cccc(Cn2cc(/C=C3\C(=N)N4N=C(c5ccccc5Cl)SC4=NC3=O)c3ccccc32)c1. The number of hydrazone groups is 1. The van der Waals surface area contributed by atoms with Gasteiger partial charge in [0.15, 0.2) is 5.84 Å². The molecule has 4 aromatic rings. The van der Waals surface area contributed by atoms with Crippen LogP contribution in [-0.2, 0) is 11.3 Å². The van der Waals surface area contributed by atoms with E-state index >= 15 is 0 Å². The summed E-state index contributed by atoms with van der Waals surface area (Å²) in [6, 6.07) is 23.8. The van der Waals surface area contributed by atoms with E-state index in [9.17, 15) is 4.79 Å². The van der Waals surface area contributed by atoms with E-state index < -0.39 is 5.91 Å². The number of thioether (sulfide) groups is 1. The zero-order chi connectivity index (χ0) is 24.8. The fraction of sp³-hybridized carbons (Fsp3) is 0.0714. The number of aromatic nitrogens is 1. The number of amides is 1. The van der Waals surface area contributed by atoms with Crippen molar-refractivity contribution in [2.24, 2.45) is 10.1 Å². The summed E-state index contributed by atoms with van der Waals surface area (Å²) in [5, 5.41) is 17.3. The smallest absolute Gasteiger partial charge is 0.283 e. The molecular formula is C28H20ClN5OS. The molecule has 0 saturated carbocycles. The third kappa shape index (κ3) is 3.96. The molecular weight excluding hydrogens is 490 g/mol. The number of nitrogens with one attached hydrogen (secondary N) is 1. The van der Waals surface area contributed by atoms with Crippen molar-refractivity contribution in [1.82, 2.24) is 9.58 Å². The number of para-hydroxylation sites is 1. The summed E-state index contributed by atoms with van der Waals surface area (Å²) in [5.74, 6) is -0.458. The minimum atomic E-state index is -0.454. The number of aliphatic imine (C=N–C) groups is 1. The van der Waals surface area contributed by atoms with Crippen LogP contribution in [0.3, 0.4) is 0 Å². The second-order valence-electron chi connectivity index (χ2n) is 8.62. The Balaban J connectivity index is 1.38. The van der Waals surface area contributed by atoms with Gasteiger partial charge in [0.1, 0.15) is 5.04 Å². The maximum Gasteiger partial charge on any atom is 0.283 e. The number of hydrogen-bond acceptors (Lipinski definition) is 4. The van der Waals surface area contributed by atoms with Gasteiger partial charge in [0.25, 0.3) is 5.91 Å². The molecule has 0 aliphatic carbocycles. The highest BCUT2D eigenvalue weighted by Crippen LogP contribution is 2.34. The van der Waals surface area contributed by atoms with E-state index in [1.54, 1.807) is 12.1 Å². The molecule has 2 aliphatic heterocycles. The molecule has 0 fully saturated rings. The Labute approximate surface area is 217 Å². The molecule has 6 rings (SSSR count). The number of nitrogens with zero attached hydrogens (tertiary/aromatic N) is 4. The lowest BCUT2D eigenvalue weighted by Crippen LogP contribution is -2.35. The van der Waals surface area contributed by atoms with Crippen molar-refractivity contribution in [3.63, 3.8) is 0 Å². The molecule has 1 N–H and O–H groups in total. The summed E-state index contributed by atoms with van der Waals surface area (Å²) < 4.78 is 2.17. The molecule has 3 aromatic carbocycles. The van der Waals surface area contributed by atoms with Crippen molar-refractivity contribution in [2.75, 3.05) is 0 Å². The first-order valence-corrected chi connectivity index (χ1v) is 12.6. The van der Waals surface area contributed by atoms with Crippen LogP contribution in [-0.4, -0.2) is 31.5 Å². The van der Waals surface area contributed by atoms with Crippen molar-refractivity contribution in [3.8, 4) is 0 Å². The average molecular weight is 510 g/mol. The number of benzene rings is 3. The van der Waals surface area contributed by atoms with Crippen LogP contribution in [0.4, 0.5) is 0 Å². The van der Waals surface area contributed by atoms with Gasteiger partial charge in [-0.05, 0) is 42.5 Å². The molecule has 0 spiro atoms. The first-order valence-electron chi connectivity index (χ1n) is 11.4. The van der Waals surface area contributed by atoms with Crippen molar-refractivity contribution in [2.45, 2.75) is 13.5 Å². The van der Waals surface area contributed by atoms with Gasteiger partial charge in [-0.2, -0.15) is 15.1 Å². The Hall–Kier alpha value is -3.94. The third-order valence-electron chi connectivity index (χ3n) is 6.11. The van der Waals surface area contributed by atoms with Gasteiger partial charge in [0, 0.05) is 34.8 Å². The fourth-order valence-electron chi connectivity index (χ4n) is 4.42. The highest BCUT2D eigenvalue weighted by atomic mass is 35.5. The molecule has 3 heterocycles. The van der Waals surface area contributed by atoms with Crippen LogP contribution < -0.4 is 0 Å². The van der Waals surface area contributed by atoms with Crippen LogP contribution in [0, 0.1) is 12.3 Å². The second-order valence-corrected chi connectivity index (χ2v) is 9.99. The lowest BCUT2D eigenvalue weighted by Gasteiger charge is -2.20. The minimum Gasteiger partial charge on any atom is -0.342 e. The van der Waals surface area contributed by atoms with Gasteiger partial charge in [-0.3, -0.25) is 10.2 Å². The standard InChI is InChI=1S/C28H20ClN5OS/c1-17-7-6-8-18(13-17)15-33-16-19(20-9-3-5-12-24(20)33)14-22-25(30)34-28(31-26(22)35)36-27(32-34)21-10-2-4-11-23(21)29/h2-14,16,30H,15H2,1H3/b22-14+,30-25?. The highest BCUT2D eigenvalue weighted by Gasteiger charge is 2.36. The average Bonchev–Trinajstić information content (AvgIpc) is 3.44. The molecule has 2 aliphatic rings. The van der Waals surface area contributed by atoms with Gasteiger partial charge in [0.2, 0.25) is 5.17 Å². The molecule has 1 aromatic heterocycles. The molecule has 0 radical (unpaired) electrons. The predicted octanol–water partition coefficient (Wildman–Crippen LogP) is 6.32. The number of carbonyl (C=O) groups excluding carboxylic acids is 1. The number of hydrogen-bond donors (Lipinski definition) is 1. The van der Waals surface area contributed by atoms with E-state index in [0.29, 0.717) is 21.8 Å². The molecule has 176 valence electrons. The summed E-state index contributed by atoms with van der Waals surface area (Å²) in [4.78, 5) is 17.2. The van der Waals surface area contributed by atoms with E-state index in [-0.39, 0.29) is 11.4 Å². The lowest BCUT2D eigenvalue weighted by molar-refractivity contribution is -0.114. The van der Waals surface area contributed by atoms with Gasteiger partial charge in [-0.25, -0.2) is 0 Å². The van der Waals surface area contributed by atoms with Gasteiger partial charge in [-0.1, -0.05) is 77.8 Å². The first-order chi connectivity index (χ1) is 17.5. The van der Waals surface area contributed by atoms with E-state index in [4.69, 9.17) is 17.0 Å². The van der Waals surface area contributed by atoms with Crippen LogP contribution in [0.2, 0.25) is 5.02 Å². The van der Waals surface area contributed by atoms with E-state index in [2.05, 4.69) is 51.9 Å². The van der Waals surface area contributed by atoms with Crippen LogP contribution in [0.5, 0.6) is 0 Å². The van der Waals surface area contributed by atoms with Crippen LogP contribution in [0.25, 0.3) is 17.0 Å². The summed E-state index contributed by atoms with van der Waals surface area (Å²) in [6.45, 7) is 2.78. The summed E-state index contributed by atoms with van der Waals surface area (Å²) >= 11 is 7.58. The number of amidine groups is 2. The fourth-order valence-corrected chi connectivity index (χ4v) is 5.63. The maximum absolute atomic E-state index is 13.0. The summed E-state index contributed by atoms with van der Waals surface area (Å²) in [7, 11) is 0. The maximum atomic E-state index is 13.0. The molecule has 1 amide bonds. The number of halogens is 1. The molecule has 6 nitrogen and oxygen atoms in total. The van der Waals surface area contributed by atoms with Crippen LogP contribution >= 0.6 is 23.4 Å². The summed E-state index contributed by atoms with van der Waals surface area (Å²) in [6.07, 6.45) is 3.77. The molecule has 0 bridgehead atoms. The first kappa shape index (κ1) is 22.5. The number of carbonyl (C=O) groups is 1. The molecule has 0 unspecified atom stereocenters. The number of aryl methyl sites for hydroxylation is 1. The zero-order valence-corrected chi connectivity index (χ0v) is 20.8. The largest absolute Gasteiger partial charge is 0.342 e. The lowest BCUT2D eigenvalue weighted by atomic mass is 10.1. The highest BCUT2D eigenvalue weighted by molar-refractivity contribution is 8.27. The van der Waals surface area contributed by atoms with Crippen molar-refractivity contribution in [3.05, 3.63) is 112 Å². The predicted molar refractivity (Wildman–Crippen MR) is 148 cm³/mol. The van der Waals surface area contributed by atoms with Crippen LogP contribution in [0.15, 0.2) is 94.7 Å². The summed E-state index contributed by atoms with van der Waals surface area (Å²) in [5.41, 5.74) is 5.25. The van der Waals surface area contributed by atoms with Crippen molar-refractivity contribution >= 4 is 62.3 Å². The Morgan fingerprint density at radius 1 is 1.06 bits per heavy atom. The van der Waals surface area contributed by atoms with E-state index in [1.807, 2.05) is 42.6 Å². The second kappa shape index (κ2) is 8.93. The van der Waals surface area contributed by atoms with Gasteiger partial charge >= 0.3 is 0 Å². The van der Waals surface area contributed by atoms with Gasteiger partial charge in [-0.15, -0.1) is 0 Å². The van der Waals surface area contributed by atoms with E-state index in [0.717, 1.165) is 22.0 Å². The van der Waals surface area contributed by atoms with Gasteiger partial charge in [0.05, 0.1) is 10.6 Å². The van der Waals surface area contributed by atoms with Crippen molar-refractivity contribution in [1.29, 1.82) is 5.41 Å².